The normalized spacial score (nSPS) is 11.7. The Kier molecular flexibility index (Phi) is 19.2. The van der Waals surface area contributed by atoms with Crippen LogP contribution in [-0.4, -0.2) is 29.0 Å². The minimum Gasteiger partial charge on any atom is -0.481 e. The lowest BCUT2D eigenvalue weighted by atomic mass is 10.0. The van der Waals surface area contributed by atoms with Gasteiger partial charge in [0, 0.05) is 12.8 Å². The summed E-state index contributed by atoms with van der Waals surface area (Å²) >= 11 is 0. The van der Waals surface area contributed by atoms with Crippen molar-refractivity contribution in [1.82, 2.24) is 5.32 Å². The lowest BCUT2D eigenvalue weighted by molar-refractivity contribution is -0.149. The van der Waals surface area contributed by atoms with Crippen LogP contribution in [0.1, 0.15) is 128 Å². The van der Waals surface area contributed by atoms with Gasteiger partial charge in [-0.3, -0.25) is 9.59 Å². The van der Waals surface area contributed by atoms with Gasteiger partial charge in [-0.25, -0.2) is 4.79 Å². The fraction of sp³-hybridized carbons (Fsp3) is 0.700. The third kappa shape index (κ3) is 18.0. The molecule has 0 radical (unpaired) electrons. The van der Waals surface area contributed by atoms with Gasteiger partial charge in [-0.05, 0) is 18.4 Å². The number of carbonyl (C=O) groups excluding carboxylic acids is 2. The molecule has 1 unspecified atom stereocenters. The first-order valence-electron chi connectivity index (χ1n) is 14.2. The maximum Gasteiger partial charge on any atom is 0.328 e. The molecule has 1 amide bonds. The largest absolute Gasteiger partial charge is 0.481 e. The molecule has 1 rings (SSSR count). The number of aliphatic carboxylic acids is 1. The Labute approximate surface area is 218 Å². The lowest BCUT2D eigenvalue weighted by Crippen LogP contribution is -2.42. The molecule has 0 spiro atoms. The number of hydrogen-bond acceptors (Lipinski definition) is 4. The van der Waals surface area contributed by atoms with E-state index in [0.29, 0.717) is 6.42 Å². The number of unbranched alkanes of at least 4 members (excludes halogenated alkanes) is 14. The number of carbonyl (C=O) groups is 3. The standard InChI is InChI=1S/C30H49NO5/c1-2-3-4-5-6-7-8-9-10-11-12-13-14-15-19-22-28(32)31-27(23-24-29(33)34)30(35)36-25-26-20-17-16-18-21-26/h16-18,20-21,27H,2-15,19,22-25H2,1H3,(H,31,32)(H,33,34). The Balaban J connectivity index is 2.10. The number of hydrogen-bond donors (Lipinski definition) is 2. The van der Waals surface area contributed by atoms with Gasteiger partial charge in [-0.1, -0.05) is 127 Å². The minimum atomic E-state index is -1.01. The van der Waals surface area contributed by atoms with Crippen molar-refractivity contribution in [3.63, 3.8) is 0 Å². The summed E-state index contributed by atoms with van der Waals surface area (Å²) in [6, 6.07) is 8.32. The number of benzene rings is 1. The van der Waals surface area contributed by atoms with E-state index in [1.54, 1.807) is 0 Å². The molecule has 0 heterocycles. The van der Waals surface area contributed by atoms with E-state index in [2.05, 4.69) is 12.2 Å². The van der Waals surface area contributed by atoms with Crippen LogP contribution in [0.3, 0.4) is 0 Å². The van der Waals surface area contributed by atoms with Crippen molar-refractivity contribution in [2.45, 2.75) is 135 Å². The third-order valence-corrected chi connectivity index (χ3v) is 6.50. The van der Waals surface area contributed by atoms with Gasteiger partial charge in [0.2, 0.25) is 5.91 Å². The SMILES string of the molecule is CCCCCCCCCCCCCCCCCC(=O)NC(CCC(=O)O)C(=O)OCc1ccccc1. The van der Waals surface area contributed by atoms with Gasteiger partial charge in [0.1, 0.15) is 12.6 Å². The second kappa shape index (κ2) is 21.9. The van der Waals surface area contributed by atoms with Crippen LogP contribution in [0.4, 0.5) is 0 Å². The van der Waals surface area contributed by atoms with Crippen LogP contribution in [0, 0.1) is 0 Å². The average Bonchev–Trinajstić information content (AvgIpc) is 2.87. The molecule has 0 fully saturated rings. The highest BCUT2D eigenvalue weighted by Gasteiger charge is 2.23. The molecule has 0 aliphatic heterocycles. The zero-order valence-corrected chi connectivity index (χ0v) is 22.5. The fourth-order valence-corrected chi connectivity index (χ4v) is 4.27. The zero-order chi connectivity index (χ0) is 26.3. The van der Waals surface area contributed by atoms with Crippen molar-refractivity contribution in [1.29, 1.82) is 0 Å². The van der Waals surface area contributed by atoms with Gasteiger partial charge in [-0.15, -0.1) is 0 Å². The third-order valence-electron chi connectivity index (χ3n) is 6.50. The van der Waals surface area contributed by atoms with Crippen LogP contribution in [0.5, 0.6) is 0 Å². The van der Waals surface area contributed by atoms with Gasteiger partial charge in [0.25, 0.3) is 0 Å². The number of carboxylic acid groups (broad SMARTS) is 1. The summed E-state index contributed by atoms with van der Waals surface area (Å²) in [5.74, 6) is -1.82. The molecule has 1 aromatic rings. The Hall–Kier alpha value is -2.37. The van der Waals surface area contributed by atoms with E-state index in [-0.39, 0.29) is 25.4 Å². The number of carboxylic acids is 1. The Morgan fingerprint density at radius 2 is 1.25 bits per heavy atom. The molecule has 0 aliphatic carbocycles. The van der Waals surface area contributed by atoms with Crippen LogP contribution in [0.15, 0.2) is 30.3 Å². The number of ether oxygens (including phenoxy) is 1. The topological polar surface area (TPSA) is 92.7 Å². The quantitative estimate of drug-likeness (QED) is 0.120. The highest BCUT2D eigenvalue weighted by Crippen LogP contribution is 2.14. The van der Waals surface area contributed by atoms with Crippen LogP contribution >= 0.6 is 0 Å². The van der Waals surface area contributed by atoms with E-state index in [0.717, 1.165) is 24.8 Å². The molecule has 0 saturated heterocycles. The summed E-state index contributed by atoms with van der Waals surface area (Å²) in [5, 5.41) is 11.7. The van der Waals surface area contributed by atoms with Gasteiger partial charge < -0.3 is 15.2 Å². The highest BCUT2D eigenvalue weighted by atomic mass is 16.5. The first kappa shape index (κ1) is 31.7. The number of esters is 1. The molecule has 0 aliphatic rings. The van der Waals surface area contributed by atoms with Crippen molar-refractivity contribution in [3.8, 4) is 0 Å². The summed E-state index contributed by atoms with van der Waals surface area (Å²) in [7, 11) is 0. The van der Waals surface area contributed by atoms with Crippen molar-refractivity contribution in [2.24, 2.45) is 0 Å². The second-order valence-electron chi connectivity index (χ2n) is 9.85. The maximum atomic E-state index is 12.4. The maximum absolute atomic E-state index is 12.4. The van der Waals surface area contributed by atoms with E-state index in [1.807, 2.05) is 30.3 Å². The molecule has 0 bridgehead atoms. The molecule has 204 valence electrons. The molecule has 2 N–H and O–H groups in total. The van der Waals surface area contributed by atoms with E-state index >= 15 is 0 Å². The molecule has 36 heavy (non-hydrogen) atoms. The van der Waals surface area contributed by atoms with E-state index in [4.69, 9.17) is 9.84 Å². The molecule has 6 nitrogen and oxygen atoms in total. The molecule has 0 saturated carbocycles. The lowest BCUT2D eigenvalue weighted by Gasteiger charge is -2.17. The smallest absolute Gasteiger partial charge is 0.328 e. The monoisotopic (exact) mass is 503 g/mol. The van der Waals surface area contributed by atoms with Gasteiger partial charge >= 0.3 is 11.9 Å². The highest BCUT2D eigenvalue weighted by molar-refractivity contribution is 5.84. The molecular formula is C30H49NO5. The number of rotatable bonds is 23. The molecule has 0 aromatic heterocycles. The van der Waals surface area contributed by atoms with Crippen LogP contribution in [0.25, 0.3) is 0 Å². The minimum absolute atomic E-state index is 0.0214. The van der Waals surface area contributed by atoms with Crippen LogP contribution in [0.2, 0.25) is 0 Å². The fourth-order valence-electron chi connectivity index (χ4n) is 4.27. The first-order valence-corrected chi connectivity index (χ1v) is 14.2. The Morgan fingerprint density at radius 1 is 0.750 bits per heavy atom. The van der Waals surface area contributed by atoms with Gasteiger partial charge in [0.15, 0.2) is 0 Å². The summed E-state index contributed by atoms with van der Waals surface area (Å²) in [4.78, 5) is 35.7. The predicted molar refractivity (Wildman–Crippen MR) is 145 cm³/mol. The average molecular weight is 504 g/mol. The summed E-state index contributed by atoms with van der Waals surface area (Å²) in [5.41, 5.74) is 0.840. The van der Waals surface area contributed by atoms with E-state index in [1.165, 1.54) is 77.0 Å². The van der Waals surface area contributed by atoms with E-state index < -0.39 is 18.0 Å². The van der Waals surface area contributed by atoms with Crippen LogP contribution in [-0.2, 0) is 25.7 Å². The van der Waals surface area contributed by atoms with Gasteiger partial charge in [0.05, 0.1) is 0 Å². The summed E-state index contributed by atoms with van der Waals surface area (Å²) in [6.07, 6.45) is 19.1. The Bertz CT molecular complexity index is 707. The Morgan fingerprint density at radius 3 is 1.75 bits per heavy atom. The molecule has 1 atom stereocenters. The van der Waals surface area contributed by atoms with Gasteiger partial charge in [-0.2, -0.15) is 0 Å². The summed E-state index contributed by atoms with van der Waals surface area (Å²) < 4.78 is 5.31. The number of amides is 1. The summed E-state index contributed by atoms with van der Waals surface area (Å²) in [6.45, 7) is 2.35. The molecular weight excluding hydrogens is 454 g/mol. The zero-order valence-electron chi connectivity index (χ0n) is 22.5. The first-order chi connectivity index (χ1) is 17.5. The van der Waals surface area contributed by atoms with E-state index in [9.17, 15) is 14.4 Å². The predicted octanol–water partition coefficient (Wildman–Crippen LogP) is 7.34. The van der Waals surface area contributed by atoms with Crippen molar-refractivity contribution in [2.75, 3.05) is 0 Å². The van der Waals surface area contributed by atoms with Crippen molar-refractivity contribution in [3.05, 3.63) is 35.9 Å². The molecule has 1 aromatic carbocycles. The molecule has 6 heteroatoms. The van der Waals surface area contributed by atoms with Crippen molar-refractivity contribution < 1.29 is 24.2 Å². The van der Waals surface area contributed by atoms with Crippen LogP contribution < -0.4 is 5.32 Å². The van der Waals surface area contributed by atoms with Crippen molar-refractivity contribution >= 4 is 17.8 Å². The second-order valence-corrected chi connectivity index (χ2v) is 9.85. The number of nitrogens with one attached hydrogen (secondary N) is 1.